The first-order valence-corrected chi connectivity index (χ1v) is 8.41. The van der Waals surface area contributed by atoms with Gasteiger partial charge >= 0.3 is 0 Å². The third-order valence-corrected chi connectivity index (χ3v) is 5.29. The van der Waals surface area contributed by atoms with Gasteiger partial charge in [-0.2, -0.15) is 0 Å². The molecule has 0 amide bonds. The highest BCUT2D eigenvalue weighted by Crippen LogP contribution is 2.38. The van der Waals surface area contributed by atoms with Crippen LogP contribution in [-0.2, 0) is 10.0 Å². The van der Waals surface area contributed by atoms with Gasteiger partial charge < -0.3 is 0 Å². The molecule has 0 heterocycles. The normalized spacial score (nSPS) is 27.1. The predicted octanol–water partition coefficient (Wildman–Crippen LogP) is 2.92. The van der Waals surface area contributed by atoms with Crippen molar-refractivity contribution in [3.8, 4) is 0 Å². The van der Waals surface area contributed by atoms with Crippen molar-refractivity contribution >= 4 is 10.0 Å². The lowest BCUT2D eigenvalue weighted by molar-refractivity contribution is 0.144. The summed E-state index contributed by atoms with van der Waals surface area (Å²) in [4.78, 5) is 0. The summed E-state index contributed by atoms with van der Waals surface area (Å²) in [5, 5.41) is 0. The molecule has 2 unspecified atom stereocenters. The minimum Gasteiger partial charge on any atom is -0.212 e. The van der Waals surface area contributed by atoms with Gasteiger partial charge in [-0.1, -0.05) is 40.5 Å². The van der Waals surface area contributed by atoms with E-state index in [0.29, 0.717) is 12.3 Å². The molecule has 1 saturated carbocycles. The summed E-state index contributed by atoms with van der Waals surface area (Å²) in [5.41, 5.74) is 0.180. The zero-order chi connectivity index (χ0) is 13.1. The Morgan fingerprint density at radius 3 is 2.29 bits per heavy atom. The van der Waals surface area contributed by atoms with Gasteiger partial charge in [0.2, 0.25) is 10.0 Å². The zero-order valence-corrected chi connectivity index (χ0v) is 12.4. The van der Waals surface area contributed by atoms with E-state index >= 15 is 0 Å². The topological polar surface area (TPSA) is 46.2 Å². The number of hydrogen-bond donors (Lipinski definition) is 1. The van der Waals surface area contributed by atoms with Crippen LogP contribution in [-0.4, -0.2) is 20.2 Å². The molecule has 1 fully saturated rings. The summed E-state index contributed by atoms with van der Waals surface area (Å²) < 4.78 is 26.6. The van der Waals surface area contributed by atoms with E-state index in [1.54, 1.807) is 0 Å². The third-order valence-electron chi connectivity index (χ3n) is 3.68. The van der Waals surface area contributed by atoms with Crippen LogP contribution in [0, 0.1) is 11.3 Å². The van der Waals surface area contributed by atoms with Crippen LogP contribution in [0.15, 0.2) is 0 Å². The van der Waals surface area contributed by atoms with E-state index in [1.165, 1.54) is 6.42 Å². The van der Waals surface area contributed by atoms with Crippen molar-refractivity contribution in [3.05, 3.63) is 0 Å². The van der Waals surface area contributed by atoms with E-state index in [9.17, 15) is 8.42 Å². The lowest BCUT2D eigenvalue weighted by Gasteiger charge is -2.40. The van der Waals surface area contributed by atoms with Crippen LogP contribution in [0.1, 0.15) is 59.8 Å². The van der Waals surface area contributed by atoms with E-state index < -0.39 is 10.0 Å². The van der Waals surface area contributed by atoms with Gasteiger partial charge in [-0.05, 0) is 30.6 Å². The molecule has 1 aliphatic rings. The summed E-state index contributed by atoms with van der Waals surface area (Å²) >= 11 is 0. The van der Waals surface area contributed by atoms with Gasteiger partial charge in [0.25, 0.3) is 0 Å². The molecule has 0 bridgehead atoms. The molecule has 3 nitrogen and oxygen atoms in total. The van der Waals surface area contributed by atoms with Crippen LogP contribution in [0.25, 0.3) is 0 Å². The maximum atomic E-state index is 11.9. The highest BCUT2D eigenvalue weighted by Gasteiger charge is 2.35. The Hall–Kier alpha value is -0.0900. The molecule has 0 aromatic heterocycles. The molecule has 0 radical (unpaired) electrons. The zero-order valence-electron chi connectivity index (χ0n) is 11.6. The molecule has 4 heteroatoms. The van der Waals surface area contributed by atoms with Crippen molar-refractivity contribution in [2.45, 2.75) is 65.8 Å². The van der Waals surface area contributed by atoms with Crippen LogP contribution < -0.4 is 4.72 Å². The number of nitrogens with one attached hydrogen (secondary N) is 1. The molecule has 0 spiro atoms. The minimum atomic E-state index is -3.07. The summed E-state index contributed by atoms with van der Waals surface area (Å²) in [5.74, 6) is 0.711. The average molecular weight is 261 g/mol. The summed E-state index contributed by atoms with van der Waals surface area (Å²) in [6, 6.07) is 0.139. The van der Waals surface area contributed by atoms with Crippen molar-refractivity contribution in [2.75, 3.05) is 5.75 Å². The summed E-state index contributed by atoms with van der Waals surface area (Å²) in [6.07, 6.45) is 5.19. The number of hydrogen-bond acceptors (Lipinski definition) is 2. The molecule has 1 N–H and O–H groups in total. The third kappa shape index (κ3) is 4.59. The van der Waals surface area contributed by atoms with Crippen LogP contribution in [0.5, 0.6) is 0 Å². The van der Waals surface area contributed by atoms with Gasteiger partial charge in [0.05, 0.1) is 5.75 Å². The minimum absolute atomic E-state index is 0.139. The average Bonchev–Trinajstić information content (AvgIpc) is 2.15. The first-order valence-electron chi connectivity index (χ1n) is 6.76. The Balaban J connectivity index is 2.73. The second kappa shape index (κ2) is 5.70. The van der Waals surface area contributed by atoms with Crippen molar-refractivity contribution in [1.29, 1.82) is 0 Å². The standard InChI is InChI=1S/C13H27NO2S/c1-5-10-17(15,16)14-12-9-7-6-8-11(12)13(2,3)4/h11-12,14H,5-10H2,1-4H3. The maximum Gasteiger partial charge on any atom is 0.211 e. The van der Waals surface area contributed by atoms with E-state index in [1.807, 2.05) is 6.92 Å². The fraction of sp³-hybridized carbons (Fsp3) is 1.00. The molecule has 17 heavy (non-hydrogen) atoms. The molecule has 102 valence electrons. The molecule has 0 saturated heterocycles. The Kier molecular flexibility index (Phi) is 5.02. The highest BCUT2D eigenvalue weighted by atomic mass is 32.2. The van der Waals surface area contributed by atoms with Gasteiger partial charge in [-0.25, -0.2) is 13.1 Å². The van der Waals surface area contributed by atoms with E-state index in [4.69, 9.17) is 0 Å². The Morgan fingerprint density at radius 1 is 1.18 bits per heavy atom. The van der Waals surface area contributed by atoms with Crippen LogP contribution in [0.4, 0.5) is 0 Å². The molecule has 1 aliphatic carbocycles. The van der Waals surface area contributed by atoms with Crippen LogP contribution in [0.2, 0.25) is 0 Å². The number of sulfonamides is 1. The monoisotopic (exact) mass is 261 g/mol. The van der Waals surface area contributed by atoms with Crippen molar-refractivity contribution in [1.82, 2.24) is 4.72 Å². The first kappa shape index (κ1) is 15.0. The number of rotatable bonds is 4. The Morgan fingerprint density at radius 2 is 1.76 bits per heavy atom. The van der Waals surface area contributed by atoms with Gasteiger partial charge in [0, 0.05) is 6.04 Å². The SMILES string of the molecule is CCCS(=O)(=O)NC1CCCCC1C(C)(C)C. The summed E-state index contributed by atoms with van der Waals surface area (Å²) in [7, 11) is -3.07. The summed E-state index contributed by atoms with van der Waals surface area (Å²) in [6.45, 7) is 8.54. The van der Waals surface area contributed by atoms with Gasteiger partial charge in [0.1, 0.15) is 0 Å². The van der Waals surface area contributed by atoms with Gasteiger partial charge in [-0.15, -0.1) is 0 Å². The van der Waals surface area contributed by atoms with E-state index in [2.05, 4.69) is 25.5 Å². The smallest absolute Gasteiger partial charge is 0.211 e. The van der Waals surface area contributed by atoms with E-state index in [-0.39, 0.29) is 17.2 Å². The van der Waals surface area contributed by atoms with E-state index in [0.717, 1.165) is 19.3 Å². The molecule has 0 aromatic carbocycles. The molecule has 0 aliphatic heterocycles. The van der Waals surface area contributed by atoms with Crippen molar-refractivity contribution in [2.24, 2.45) is 11.3 Å². The highest BCUT2D eigenvalue weighted by molar-refractivity contribution is 7.89. The fourth-order valence-electron chi connectivity index (χ4n) is 2.87. The molecular weight excluding hydrogens is 234 g/mol. The predicted molar refractivity (Wildman–Crippen MR) is 72.4 cm³/mol. The van der Waals surface area contributed by atoms with Crippen LogP contribution >= 0.6 is 0 Å². The van der Waals surface area contributed by atoms with Crippen molar-refractivity contribution < 1.29 is 8.42 Å². The second-order valence-corrected chi connectivity index (χ2v) is 8.17. The molecule has 1 rings (SSSR count). The first-order chi connectivity index (χ1) is 7.76. The quantitative estimate of drug-likeness (QED) is 0.845. The lowest BCUT2D eigenvalue weighted by atomic mass is 9.70. The Labute approximate surface area is 106 Å². The van der Waals surface area contributed by atoms with Crippen molar-refractivity contribution in [3.63, 3.8) is 0 Å². The lowest BCUT2D eigenvalue weighted by Crippen LogP contribution is -2.47. The van der Waals surface area contributed by atoms with Crippen LogP contribution in [0.3, 0.4) is 0 Å². The fourth-order valence-corrected chi connectivity index (χ4v) is 4.27. The van der Waals surface area contributed by atoms with Gasteiger partial charge in [-0.3, -0.25) is 0 Å². The molecule has 2 atom stereocenters. The maximum absolute atomic E-state index is 11.9. The second-order valence-electron chi connectivity index (χ2n) is 6.30. The molecular formula is C13H27NO2S. The Bertz CT molecular complexity index is 330. The van der Waals surface area contributed by atoms with Gasteiger partial charge in [0.15, 0.2) is 0 Å². The largest absolute Gasteiger partial charge is 0.212 e. The molecule has 0 aromatic rings.